The lowest BCUT2D eigenvalue weighted by molar-refractivity contribution is 0.0773. The summed E-state index contributed by atoms with van der Waals surface area (Å²) < 4.78 is 0. The van der Waals surface area contributed by atoms with Crippen LogP contribution in [0.4, 0.5) is 0 Å². The molecular weight excluding hydrogens is 192 g/mol. The first-order valence-electron chi connectivity index (χ1n) is 5.26. The third kappa shape index (κ3) is 1.86. The molecule has 1 aliphatic heterocycles. The molecule has 2 unspecified atom stereocenters. The Morgan fingerprint density at radius 2 is 2.00 bits per heavy atom. The number of rotatable bonds is 1. The van der Waals surface area contributed by atoms with Crippen LogP contribution in [0.5, 0.6) is 0 Å². The molecule has 0 radical (unpaired) electrons. The van der Waals surface area contributed by atoms with Gasteiger partial charge in [0, 0.05) is 13.1 Å². The van der Waals surface area contributed by atoms with E-state index < -0.39 is 0 Å². The molecule has 1 N–H and O–H groups in total. The second-order valence-corrected chi connectivity index (χ2v) is 4.41. The summed E-state index contributed by atoms with van der Waals surface area (Å²) in [6.45, 7) is 7.75. The maximum absolute atomic E-state index is 11.9. The first kappa shape index (κ1) is 10.1. The van der Waals surface area contributed by atoms with Crippen molar-refractivity contribution in [2.75, 3.05) is 13.1 Å². The molecule has 1 saturated heterocycles. The summed E-state index contributed by atoms with van der Waals surface area (Å²) in [5, 5.41) is 6.57. The number of H-pyrrole nitrogens is 1. The molecule has 1 aromatic heterocycles. The van der Waals surface area contributed by atoms with Crippen molar-refractivity contribution in [3.8, 4) is 0 Å². The van der Waals surface area contributed by atoms with Gasteiger partial charge in [0.2, 0.25) is 5.82 Å². The van der Waals surface area contributed by atoms with Gasteiger partial charge in [-0.25, -0.2) is 4.98 Å². The van der Waals surface area contributed by atoms with Gasteiger partial charge in [0.15, 0.2) is 0 Å². The van der Waals surface area contributed by atoms with Gasteiger partial charge in [-0.15, -0.1) is 5.10 Å². The van der Waals surface area contributed by atoms with Gasteiger partial charge in [-0.3, -0.25) is 9.89 Å². The number of hydrogen-bond donors (Lipinski definition) is 1. The van der Waals surface area contributed by atoms with Crippen LogP contribution < -0.4 is 0 Å². The first-order valence-corrected chi connectivity index (χ1v) is 5.26. The fourth-order valence-corrected chi connectivity index (χ4v) is 1.88. The monoisotopic (exact) mass is 208 g/mol. The number of aromatic nitrogens is 3. The predicted molar refractivity (Wildman–Crippen MR) is 55.4 cm³/mol. The number of aryl methyl sites for hydroxylation is 1. The van der Waals surface area contributed by atoms with E-state index in [1.54, 1.807) is 6.92 Å². The van der Waals surface area contributed by atoms with Crippen LogP contribution in [0.2, 0.25) is 0 Å². The summed E-state index contributed by atoms with van der Waals surface area (Å²) in [6, 6.07) is 0. The van der Waals surface area contributed by atoms with Gasteiger partial charge in [-0.2, -0.15) is 0 Å². The van der Waals surface area contributed by atoms with Crippen LogP contribution in [0.15, 0.2) is 0 Å². The Morgan fingerprint density at radius 3 is 2.47 bits per heavy atom. The minimum absolute atomic E-state index is 0.0597. The molecule has 1 aromatic rings. The fraction of sp³-hybridized carbons (Fsp3) is 0.700. The lowest BCUT2D eigenvalue weighted by Gasteiger charge is -2.12. The van der Waals surface area contributed by atoms with Gasteiger partial charge >= 0.3 is 0 Å². The second-order valence-electron chi connectivity index (χ2n) is 4.41. The zero-order valence-electron chi connectivity index (χ0n) is 9.32. The molecule has 5 heteroatoms. The molecule has 0 saturated carbocycles. The number of hydrogen-bond acceptors (Lipinski definition) is 3. The van der Waals surface area contributed by atoms with Gasteiger partial charge < -0.3 is 4.90 Å². The van der Waals surface area contributed by atoms with E-state index in [2.05, 4.69) is 29.0 Å². The normalized spacial score (nSPS) is 25.9. The van der Waals surface area contributed by atoms with E-state index in [-0.39, 0.29) is 11.7 Å². The molecule has 82 valence electrons. The Hall–Kier alpha value is -1.39. The molecule has 2 heterocycles. The Kier molecular flexibility index (Phi) is 2.46. The quantitative estimate of drug-likeness (QED) is 0.744. The second kappa shape index (κ2) is 3.64. The predicted octanol–water partition coefficient (Wildman–Crippen LogP) is 0.841. The number of likely N-dealkylation sites (tertiary alicyclic amines) is 1. The van der Waals surface area contributed by atoms with Crippen LogP contribution in [-0.2, 0) is 0 Å². The van der Waals surface area contributed by atoms with Crippen LogP contribution >= 0.6 is 0 Å². The van der Waals surface area contributed by atoms with Crippen molar-refractivity contribution >= 4 is 5.91 Å². The largest absolute Gasteiger partial charge is 0.335 e. The molecule has 0 spiro atoms. The zero-order chi connectivity index (χ0) is 11.0. The Labute approximate surface area is 88.9 Å². The number of nitrogens with zero attached hydrogens (tertiary/aromatic N) is 3. The van der Waals surface area contributed by atoms with Crippen molar-refractivity contribution in [3.05, 3.63) is 11.6 Å². The number of amides is 1. The summed E-state index contributed by atoms with van der Waals surface area (Å²) in [5.74, 6) is 2.03. The van der Waals surface area contributed by atoms with Gasteiger partial charge in [0.1, 0.15) is 5.82 Å². The molecule has 2 rings (SSSR count). The molecule has 15 heavy (non-hydrogen) atoms. The highest BCUT2D eigenvalue weighted by atomic mass is 16.2. The summed E-state index contributed by atoms with van der Waals surface area (Å²) in [6.07, 6.45) is 0. The number of carbonyl (C=O) groups excluding carboxylic acids is 1. The van der Waals surface area contributed by atoms with E-state index >= 15 is 0 Å². The summed E-state index contributed by atoms with van der Waals surface area (Å²) in [7, 11) is 0. The van der Waals surface area contributed by atoms with Crippen LogP contribution in [-0.4, -0.2) is 39.1 Å². The highest BCUT2D eigenvalue weighted by Crippen LogP contribution is 2.22. The highest BCUT2D eigenvalue weighted by molar-refractivity contribution is 5.90. The lowest BCUT2D eigenvalue weighted by Crippen LogP contribution is -2.29. The lowest BCUT2D eigenvalue weighted by atomic mass is 10.0. The van der Waals surface area contributed by atoms with Crippen molar-refractivity contribution in [2.45, 2.75) is 20.8 Å². The Morgan fingerprint density at radius 1 is 1.40 bits per heavy atom. The molecule has 0 aliphatic carbocycles. The zero-order valence-corrected chi connectivity index (χ0v) is 9.32. The maximum atomic E-state index is 11.9. The van der Waals surface area contributed by atoms with E-state index in [4.69, 9.17) is 0 Å². The van der Waals surface area contributed by atoms with E-state index in [9.17, 15) is 4.79 Å². The average molecular weight is 208 g/mol. The Bertz CT molecular complexity index is 363. The van der Waals surface area contributed by atoms with Crippen LogP contribution in [0.1, 0.15) is 30.3 Å². The summed E-state index contributed by atoms with van der Waals surface area (Å²) >= 11 is 0. The molecule has 0 aromatic carbocycles. The fourth-order valence-electron chi connectivity index (χ4n) is 1.88. The first-order chi connectivity index (χ1) is 7.08. The van der Waals surface area contributed by atoms with Crippen molar-refractivity contribution in [2.24, 2.45) is 11.8 Å². The summed E-state index contributed by atoms with van der Waals surface area (Å²) in [4.78, 5) is 17.8. The standard InChI is InChI=1S/C10H16N4O/c1-6-4-14(5-7(6)2)10(15)9-11-8(3)12-13-9/h6-7H,4-5H2,1-3H3,(H,11,12,13). The van der Waals surface area contributed by atoms with Gasteiger partial charge in [-0.1, -0.05) is 13.8 Å². The van der Waals surface area contributed by atoms with Gasteiger partial charge in [-0.05, 0) is 18.8 Å². The molecule has 1 aliphatic rings. The minimum atomic E-state index is -0.0597. The smallest absolute Gasteiger partial charge is 0.293 e. The van der Waals surface area contributed by atoms with Crippen LogP contribution in [0, 0.1) is 18.8 Å². The third-order valence-corrected chi connectivity index (χ3v) is 3.06. The number of nitrogens with one attached hydrogen (secondary N) is 1. The Balaban J connectivity index is 2.10. The molecule has 1 fully saturated rings. The minimum Gasteiger partial charge on any atom is -0.335 e. The van der Waals surface area contributed by atoms with Crippen LogP contribution in [0.3, 0.4) is 0 Å². The van der Waals surface area contributed by atoms with Crippen molar-refractivity contribution < 1.29 is 4.79 Å². The van der Waals surface area contributed by atoms with Gasteiger partial charge in [0.25, 0.3) is 5.91 Å². The SMILES string of the molecule is Cc1nc(C(=O)N2CC(C)C(C)C2)n[nH]1. The molecule has 2 atom stereocenters. The van der Waals surface area contributed by atoms with E-state index in [0.29, 0.717) is 17.7 Å². The van der Waals surface area contributed by atoms with Crippen molar-refractivity contribution in [1.82, 2.24) is 20.1 Å². The average Bonchev–Trinajstić information content (AvgIpc) is 2.74. The van der Waals surface area contributed by atoms with Crippen molar-refractivity contribution in [3.63, 3.8) is 0 Å². The van der Waals surface area contributed by atoms with E-state index in [1.165, 1.54) is 0 Å². The van der Waals surface area contributed by atoms with E-state index in [1.807, 2.05) is 4.90 Å². The van der Waals surface area contributed by atoms with Gasteiger partial charge in [0.05, 0.1) is 0 Å². The molecule has 1 amide bonds. The van der Waals surface area contributed by atoms with Crippen LogP contribution in [0.25, 0.3) is 0 Å². The molecule has 0 bridgehead atoms. The maximum Gasteiger partial charge on any atom is 0.293 e. The molecular formula is C10H16N4O. The van der Waals surface area contributed by atoms with E-state index in [0.717, 1.165) is 13.1 Å². The van der Waals surface area contributed by atoms with Crippen molar-refractivity contribution in [1.29, 1.82) is 0 Å². The number of carbonyl (C=O) groups is 1. The summed E-state index contributed by atoms with van der Waals surface area (Å²) in [5.41, 5.74) is 0. The third-order valence-electron chi connectivity index (χ3n) is 3.06. The topological polar surface area (TPSA) is 61.9 Å². The highest BCUT2D eigenvalue weighted by Gasteiger charge is 2.31. The number of aromatic amines is 1. The molecule has 5 nitrogen and oxygen atoms in total.